The van der Waals surface area contributed by atoms with Crippen LogP contribution in [0.25, 0.3) is 5.69 Å². The quantitative estimate of drug-likeness (QED) is 0.609. The number of halogens is 3. The van der Waals surface area contributed by atoms with Crippen LogP contribution in [-0.4, -0.2) is 51.0 Å². The number of benzene rings is 2. The summed E-state index contributed by atoms with van der Waals surface area (Å²) < 4.78 is 42.5. The van der Waals surface area contributed by atoms with Crippen molar-refractivity contribution in [1.29, 1.82) is 0 Å². The second-order valence-corrected chi connectivity index (χ2v) is 8.13. The molecule has 0 radical (unpaired) electrons. The second kappa shape index (κ2) is 9.30. The second-order valence-electron chi connectivity index (χ2n) is 8.13. The van der Waals surface area contributed by atoms with Gasteiger partial charge in [-0.1, -0.05) is 29.5 Å². The smallest absolute Gasteiger partial charge is 0.406 e. The zero-order valence-corrected chi connectivity index (χ0v) is 17.7. The Morgan fingerprint density at radius 2 is 1.84 bits per heavy atom. The Labute approximate surface area is 184 Å². The third-order valence-electron chi connectivity index (χ3n) is 5.71. The molecular weight excluding hydrogens is 421 g/mol. The minimum Gasteiger partial charge on any atom is -0.406 e. The van der Waals surface area contributed by atoms with E-state index in [4.69, 9.17) is 0 Å². The van der Waals surface area contributed by atoms with E-state index in [1.165, 1.54) is 24.3 Å². The summed E-state index contributed by atoms with van der Waals surface area (Å²) in [5, 5.41) is 19.1. The lowest BCUT2D eigenvalue weighted by molar-refractivity contribution is -0.274. The third kappa shape index (κ3) is 5.66. The Kier molecular flexibility index (Phi) is 6.48. The van der Waals surface area contributed by atoms with Crippen molar-refractivity contribution in [2.75, 3.05) is 19.6 Å². The molecule has 2 aromatic carbocycles. The first-order chi connectivity index (χ1) is 15.3. The highest BCUT2D eigenvalue weighted by atomic mass is 19.4. The average Bonchev–Trinajstić information content (AvgIpc) is 3.24. The molecule has 1 fully saturated rings. The lowest BCUT2D eigenvalue weighted by Gasteiger charge is -2.32. The fraction of sp³-hybridized carbons (Fsp3) is 0.391. The molecule has 0 bridgehead atoms. The lowest BCUT2D eigenvalue weighted by atomic mass is 9.93. The summed E-state index contributed by atoms with van der Waals surface area (Å²) in [6.45, 7) is 4.06. The summed E-state index contributed by atoms with van der Waals surface area (Å²) in [5.74, 6) is 0.00808. The van der Waals surface area contributed by atoms with E-state index in [0.29, 0.717) is 18.0 Å². The Bertz CT molecular complexity index is 1030. The van der Waals surface area contributed by atoms with Crippen LogP contribution in [0.4, 0.5) is 13.2 Å². The van der Waals surface area contributed by atoms with Gasteiger partial charge in [-0.05, 0) is 68.2 Å². The first kappa shape index (κ1) is 22.3. The van der Waals surface area contributed by atoms with Gasteiger partial charge in [0.25, 0.3) is 0 Å². The van der Waals surface area contributed by atoms with Crippen LogP contribution < -0.4 is 4.74 Å². The highest BCUT2D eigenvalue weighted by Crippen LogP contribution is 2.29. The minimum atomic E-state index is -4.73. The minimum absolute atomic E-state index is 0.298. The van der Waals surface area contributed by atoms with Crippen LogP contribution in [0.5, 0.6) is 5.75 Å². The number of aromatic nitrogens is 3. The van der Waals surface area contributed by atoms with Gasteiger partial charge in [0.05, 0.1) is 23.7 Å². The molecule has 4 rings (SSSR count). The number of hydrogen-bond donors (Lipinski definition) is 1. The number of aliphatic hydroxyl groups is 1. The third-order valence-corrected chi connectivity index (χ3v) is 5.71. The Hall–Kier alpha value is -2.91. The molecule has 3 aromatic rings. The van der Waals surface area contributed by atoms with E-state index in [9.17, 15) is 18.3 Å². The molecule has 0 saturated carbocycles. The van der Waals surface area contributed by atoms with Crippen LogP contribution in [0.1, 0.15) is 41.7 Å². The summed E-state index contributed by atoms with van der Waals surface area (Å²) >= 11 is 0. The molecule has 0 amide bonds. The van der Waals surface area contributed by atoms with Gasteiger partial charge in [-0.15, -0.1) is 18.3 Å². The molecule has 1 unspecified atom stereocenters. The van der Waals surface area contributed by atoms with Gasteiger partial charge in [0.15, 0.2) is 0 Å². The molecule has 0 aliphatic carbocycles. The number of piperidine rings is 1. The van der Waals surface area contributed by atoms with E-state index in [0.717, 1.165) is 42.9 Å². The van der Waals surface area contributed by atoms with Crippen LogP contribution in [0.15, 0.2) is 54.7 Å². The van der Waals surface area contributed by atoms with Crippen molar-refractivity contribution in [2.24, 2.45) is 0 Å². The highest BCUT2D eigenvalue weighted by molar-refractivity contribution is 5.34. The number of aryl methyl sites for hydroxylation is 1. The number of hydrogen-bond acceptors (Lipinski definition) is 5. The molecule has 170 valence electrons. The molecule has 6 nitrogen and oxygen atoms in total. The molecule has 9 heteroatoms. The molecular formula is C23H25F3N4O2. The normalized spacial score (nSPS) is 16.8. The maximum atomic E-state index is 12.3. The molecule has 1 saturated heterocycles. The first-order valence-electron chi connectivity index (χ1n) is 10.5. The van der Waals surface area contributed by atoms with Crippen molar-refractivity contribution in [2.45, 2.75) is 38.1 Å². The van der Waals surface area contributed by atoms with Gasteiger partial charge in [-0.2, -0.15) is 0 Å². The van der Waals surface area contributed by atoms with Crippen molar-refractivity contribution < 1.29 is 23.0 Å². The molecule has 0 spiro atoms. The summed E-state index contributed by atoms with van der Waals surface area (Å²) in [5.41, 5.74) is 3.67. The monoisotopic (exact) mass is 446 g/mol. The fourth-order valence-electron chi connectivity index (χ4n) is 4.01. The molecule has 1 N–H and O–H groups in total. The predicted molar refractivity (Wildman–Crippen MR) is 113 cm³/mol. The maximum Gasteiger partial charge on any atom is 0.573 e. The van der Waals surface area contributed by atoms with Crippen molar-refractivity contribution >= 4 is 0 Å². The SMILES string of the molecule is Cc1cccc(-n2cc(C3CCN(CC(O)c4ccc(OC(F)(F)F)cc4)CC3)nn2)c1. The average molecular weight is 446 g/mol. The van der Waals surface area contributed by atoms with Crippen molar-refractivity contribution in [3.05, 3.63) is 71.5 Å². The van der Waals surface area contributed by atoms with Crippen LogP contribution >= 0.6 is 0 Å². The summed E-state index contributed by atoms with van der Waals surface area (Å²) in [6, 6.07) is 13.4. The van der Waals surface area contributed by atoms with Gasteiger partial charge >= 0.3 is 6.36 Å². The molecule has 32 heavy (non-hydrogen) atoms. The summed E-state index contributed by atoms with van der Waals surface area (Å²) in [4.78, 5) is 2.16. The molecule has 1 aliphatic rings. The molecule has 1 aliphatic heterocycles. The van der Waals surface area contributed by atoms with E-state index >= 15 is 0 Å². The number of β-amino-alcohol motifs (C(OH)–C–C–N with tert-alkyl or cyclic N) is 1. The highest BCUT2D eigenvalue weighted by Gasteiger charge is 2.31. The fourth-order valence-corrected chi connectivity index (χ4v) is 4.01. The maximum absolute atomic E-state index is 12.3. The number of likely N-dealkylation sites (tertiary alicyclic amines) is 1. The van der Waals surface area contributed by atoms with Gasteiger partial charge in [0.2, 0.25) is 0 Å². The van der Waals surface area contributed by atoms with E-state index in [2.05, 4.69) is 26.0 Å². The Morgan fingerprint density at radius 3 is 2.50 bits per heavy atom. The molecule has 1 aromatic heterocycles. The van der Waals surface area contributed by atoms with Gasteiger partial charge in [-0.3, -0.25) is 0 Å². The number of nitrogens with zero attached hydrogens (tertiary/aromatic N) is 4. The van der Waals surface area contributed by atoms with E-state index in [1.54, 1.807) is 4.68 Å². The van der Waals surface area contributed by atoms with Crippen LogP contribution in [0, 0.1) is 6.92 Å². The van der Waals surface area contributed by atoms with E-state index in [-0.39, 0.29) is 5.75 Å². The standard InChI is InChI=1S/C23H25F3N4O2/c1-16-3-2-4-19(13-16)30-14-21(27-28-30)17-9-11-29(12-10-17)15-22(31)18-5-7-20(8-6-18)32-23(24,25)26/h2-8,13-14,17,22,31H,9-12,15H2,1H3. The van der Waals surface area contributed by atoms with Crippen LogP contribution in [0.2, 0.25) is 0 Å². The predicted octanol–water partition coefficient (Wildman–Crippen LogP) is 4.39. The number of rotatable bonds is 6. The zero-order valence-electron chi connectivity index (χ0n) is 17.7. The van der Waals surface area contributed by atoms with Gasteiger partial charge in [0, 0.05) is 12.5 Å². The molecule has 2 heterocycles. The summed E-state index contributed by atoms with van der Waals surface area (Å²) in [6.07, 6.45) is -1.73. The van der Waals surface area contributed by atoms with Crippen LogP contribution in [0.3, 0.4) is 0 Å². The van der Waals surface area contributed by atoms with Crippen molar-refractivity contribution in [3.63, 3.8) is 0 Å². The largest absolute Gasteiger partial charge is 0.573 e. The van der Waals surface area contributed by atoms with Gasteiger partial charge < -0.3 is 14.7 Å². The van der Waals surface area contributed by atoms with E-state index < -0.39 is 12.5 Å². The Morgan fingerprint density at radius 1 is 1.12 bits per heavy atom. The first-order valence-corrected chi connectivity index (χ1v) is 10.5. The number of alkyl halides is 3. The van der Waals surface area contributed by atoms with Gasteiger partial charge in [-0.25, -0.2) is 4.68 Å². The van der Waals surface area contributed by atoms with Crippen molar-refractivity contribution in [1.82, 2.24) is 19.9 Å². The van der Waals surface area contributed by atoms with Gasteiger partial charge in [0.1, 0.15) is 5.75 Å². The molecule has 1 atom stereocenters. The topological polar surface area (TPSA) is 63.4 Å². The zero-order chi connectivity index (χ0) is 22.7. The lowest BCUT2D eigenvalue weighted by Crippen LogP contribution is -2.36. The number of ether oxygens (including phenoxy) is 1. The summed E-state index contributed by atoms with van der Waals surface area (Å²) in [7, 11) is 0. The van der Waals surface area contributed by atoms with Crippen LogP contribution in [-0.2, 0) is 0 Å². The van der Waals surface area contributed by atoms with E-state index in [1.807, 2.05) is 31.3 Å². The Balaban J connectivity index is 1.29. The van der Waals surface area contributed by atoms with Crippen molar-refractivity contribution in [3.8, 4) is 11.4 Å². The number of aliphatic hydroxyl groups excluding tert-OH is 1.